The number of carbonyl (C=O) groups excluding carboxylic acids is 1. The fraction of sp³-hybridized carbons (Fsp3) is 0.889. The van der Waals surface area contributed by atoms with Crippen molar-refractivity contribution in [1.82, 2.24) is 10.6 Å². The lowest BCUT2D eigenvalue weighted by atomic mass is 10.0. The minimum Gasteiger partial charge on any atom is -0.353 e. The highest BCUT2D eigenvalue weighted by Gasteiger charge is 2.23. The van der Waals surface area contributed by atoms with Crippen LogP contribution < -0.4 is 10.6 Å². The fourth-order valence-corrected chi connectivity index (χ4v) is 1.59. The van der Waals surface area contributed by atoms with Gasteiger partial charge in [-0.25, -0.2) is 0 Å². The van der Waals surface area contributed by atoms with E-state index in [2.05, 4.69) is 24.5 Å². The average Bonchev–Trinajstić information content (AvgIpc) is 1.96. The molecule has 0 saturated carbocycles. The van der Waals surface area contributed by atoms with Crippen molar-refractivity contribution in [1.29, 1.82) is 0 Å². The maximum Gasteiger partial charge on any atom is 0.236 e. The zero-order valence-corrected chi connectivity index (χ0v) is 8.05. The van der Waals surface area contributed by atoms with Crippen LogP contribution in [0.2, 0.25) is 0 Å². The van der Waals surface area contributed by atoms with Crippen LogP contribution >= 0.6 is 0 Å². The second-order valence-electron chi connectivity index (χ2n) is 3.96. The SMILES string of the molecule is CC(C)CC1CNC(=O)[C@@H](C)N1. The second kappa shape index (κ2) is 3.90. The molecule has 0 bridgehead atoms. The topological polar surface area (TPSA) is 41.1 Å². The van der Waals surface area contributed by atoms with Crippen LogP contribution in [-0.2, 0) is 4.79 Å². The van der Waals surface area contributed by atoms with Crippen molar-refractivity contribution >= 4 is 5.91 Å². The Morgan fingerprint density at radius 2 is 2.25 bits per heavy atom. The first kappa shape index (κ1) is 9.52. The van der Waals surface area contributed by atoms with Crippen molar-refractivity contribution in [3.8, 4) is 0 Å². The normalized spacial score (nSPS) is 30.5. The Bertz CT molecular complexity index is 168. The Labute approximate surface area is 73.9 Å². The van der Waals surface area contributed by atoms with Gasteiger partial charge in [0.25, 0.3) is 0 Å². The molecule has 1 aliphatic rings. The lowest BCUT2D eigenvalue weighted by Crippen LogP contribution is -2.57. The quantitative estimate of drug-likeness (QED) is 0.634. The smallest absolute Gasteiger partial charge is 0.236 e. The van der Waals surface area contributed by atoms with Crippen molar-refractivity contribution in [3.05, 3.63) is 0 Å². The molecule has 0 aromatic heterocycles. The van der Waals surface area contributed by atoms with Gasteiger partial charge in [-0.15, -0.1) is 0 Å². The van der Waals surface area contributed by atoms with Crippen LogP contribution in [0.15, 0.2) is 0 Å². The molecule has 0 aromatic rings. The van der Waals surface area contributed by atoms with E-state index in [-0.39, 0.29) is 11.9 Å². The number of rotatable bonds is 2. The summed E-state index contributed by atoms with van der Waals surface area (Å²) in [5.41, 5.74) is 0. The van der Waals surface area contributed by atoms with Crippen molar-refractivity contribution in [2.75, 3.05) is 6.54 Å². The summed E-state index contributed by atoms with van der Waals surface area (Å²) < 4.78 is 0. The van der Waals surface area contributed by atoms with Crippen LogP contribution in [-0.4, -0.2) is 24.5 Å². The summed E-state index contributed by atoms with van der Waals surface area (Å²) in [6.45, 7) is 7.08. The summed E-state index contributed by atoms with van der Waals surface area (Å²) in [5, 5.41) is 6.17. The Morgan fingerprint density at radius 1 is 1.58 bits per heavy atom. The molecule has 1 saturated heterocycles. The molecule has 1 unspecified atom stereocenters. The molecule has 70 valence electrons. The minimum absolute atomic E-state index is 0.0255. The number of hydrogen-bond acceptors (Lipinski definition) is 2. The summed E-state index contributed by atoms with van der Waals surface area (Å²) in [5.74, 6) is 0.805. The van der Waals surface area contributed by atoms with Crippen molar-refractivity contribution in [2.45, 2.75) is 39.3 Å². The van der Waals surface area contributed by atoms with E-state index in [1.807, 2.05) is 6.92 Å². The van der Waals surface area contributed by atoms with Gasteiger partial charge >= 0.3 is 0 Å². The van der Waals surface area contributed by atoms with E-state index in [0.717, 1.165) is 13.0 Å². The van der Waals surface area contributed by atoms with Gasteiger partial charge in [0.15, 0.2) is 0 Å². The highest BCUT2D eigenvalue weighted by atomic mass is 16.2. The molecule has 1 aliphatic heterocycles. The zero-order chi connectivity index (χ0) is 9.14. The highest BCUT2D eigenvalue weighted by molar-refractivity contribution is 5.82. The first-order valence-electron chi connectivity index (χ1n) is 4.63. The molecule has 2 atom stereocenters. The van der Waals surface area contributed by atoms with Crippen molar-refractivity contribution in [3.63, 3.8) is 0 Å². The van der Waals surface area contributed by atoms with Crippen LogP contribution in [0.5, 0.6) is 0 Å². The van der Waals surface area contributed by atoms with Gasteiger partial charge in [-0.1, -0.05) is 13.8 Å². The van der Waals surface area contributed by atoms with Crippen LogP contribution in [0.4, 0.5) is 0 Å². The van der Waals surface area contributed by atoms with Crippen LogP contribution in [0.25, 0.3) is 0 Å². The Hall–Kier alpha value is -0.570. The minimum atomic E-state index is -0.0255. The molecule has 1 heterocycles. The van der Waals surface area contributed by atoms with E-state index in [0.29, 0.717) is 12.0 Å². The predicted octanol–water partition coefficient (Wildman–Crippen LogP) is 0.509. The molecule has 1 rings (SSSR count). The van der Waals surface area contributed by atoms with Gasteiger partial charge in [-0.05, 0) is 19.3 Å². The van der Waals surface area contributed by atoms with Crippen LogP contribution in [0.1, 0.15) is 27.2 Å². The maximum atomic E-state index is 11.1. The number of hydrogen-bond donors (Lipinski definition) is 2. The molecule has 12 heavy (non-hydrogen) atoms. The van der Waals surface area contributed by atoms with Crippen molar-refractivity contribution < 1.29 is 4.79 Å². The summed E-state index contributed by atoms with van der Waals surface area (Å²) in [6, 6.07) is 0.431. The number of amides is 1. The summed E-state index contributed by atoms with van der Waals surface area (Å²) >= 11 is 0. The predicted molar refractivity (Wildman–Crippen MR) is 48.9 cm³/mol. The Kier molecular flexibility index (Phi) is 3.09. The fourth-order valence-electron chi connectivity index (χ4n) is 1.59. The summed E-state index contributed by atoms with van der Waals surface area (Å²) in [6.07, 6.45) is 1.13. The van der Waals surface area contributed by atoms with E-state index in [4.69, 9.17) is 0 Å². The third kappa shape index (κ3) is 2.48. The van der Waals surface area contributed by atoms with E-state index >= 15 is 0 Å². The molecular formula is C9H18N2O. The largest absolute Gasteiger partial charge is 0.353 e. The monoisotopic (exact) mass is 170 g/mol. The molecule has 2 N–H and O–H groups in total. The van der Waals surface area contributed by atoms with E-state index in [1.165, 1.54) is 0 Å². The lowest BCUT2D eigenvalue weighted by Gasteiger charge is -2.29. The molecule has 3 heteroatoms. The van der Waals surface area contributed by atoms with E-state index in [1.54, 1.807) is 0 Å². The molecule has 0 aromatic carbocycles. The van der Waals surface area contributed by atoms with Gasteiger partial charge in [-0.2, -0.15) is 0 Å². The number of carbonyl (C=O) groups is 1. The first-order valence-corrected chi connectivity index (χ1v) is 4.63. The third-order valence-electron chi connectivity index (χ3n) is 2.16. The lowest BCUT2D eigenvalue weighted by molar-refractivity contribution is -0.124. The first-order chi connectivity index (χ1) is 5.59. The highest BCUT2D eigenvalue weighted by Crippen LogP contribution is 2.07. The summed E-state index contributed by atoms with van der Waals surface area (Å²) in [4.78, 5) is 11.1. The molecule has 0 aliphatic carbocycles. The van der Waals surface area contributed by atoms with Crippen molar-refractivity contribution in [2.24, 2.45) is 5.92 Å². The number of piperazine rings is 1. The van der Waals surface area contributed by atoms with Gasteiger partial charge in [-0.3, -0.25) is 4.79 Å². The van der Waals surface area contributed by atoms with Crippen LogP contribution in [0.3, 0.4) is 0 Å². The molecule has 0 radical (unpaired) electrons. The standard InChI is InChI=1S/C9H18N2O/c1-6(2)4-8-5-10-9(12)7(3)11-8/h6-8,11H,4-5H2,1-3H3,(H,10,12)/t7-,8?/m1/s1. The third-order valence-corrected chi connectivity index (χ3v) is 2.16. The zero-order valence-electron chi connectivity index (χ0n) is 8.05. The Balaban J connectivity index is 2.35. The summed E-state index contributed by atoms with van der Waals surface area (Å²) in [7, 11) is 0. The second-order valence-corrected chi connectivity index (χ2v) is 3.96. The van der Waals surface area contributed by atoms with E-state index in [9.17, 15) is 4.79 Å². The Morgan fingerprint density at radius 3 is 2.75 bits per heavy atom. The maximum absolute atomic E-state index is 11.1. The van der Waals surface area contributed by atoms with Gasteiger partial charge in [0, 0.05) is 12.6 Å². The molecule has 0 spiro atoms. The van der Waals surface area contributed by atoms with Gasteiger partial charge in [0.1, 0.15) is 0 Å². The average molecular weight is 170 g/mol. The molecule has 1 amide bonds. The van der Waals surface area contributed by atoms with Gasteiger partial charge < -0.3 is 10.6 Å². The van der Waals surface area contributed by atoms with E-state index < -0.39 is 0 Å². The molecule has 3 nitrogen and oxygen atoms in total. The van der Waals surface area contributed by atoms with Crippen LogP contribution in [0, 0.1) is 5.92 Å². The van der Waals surface area contributed by atoms with Gasteiger partial charge in [0.05, 0.1) is 6.04 Å². The number of nitrogens with one attached hydrogen (secondary N) is 2. The van der Waals surface area contributed by atoms with Gasteiger partial charge in [0.2, 0.25) is 5.91 Å². The molecule has 1 fully saturated rings. The molecular weight excluding hydrogens is 152 g/mol.